The predicted octanol–water partition coefficient (Wildman–Crippen LogP) is 2.72. The molecule has 98 valence electrons. The van der Waals surface area contributed by atoms with Crippen molar-refractivity contribution in [1.29, 1.82) is 0 Å². The van der Waals surface area contributed by atoms with Crippen molar-refractivity contribution in [3.8, 4) is 0 Å². The first-order valence-electron chi connectivity index (χ1n) is 6.01. The molecule has 0 aliphatic rings. The third kappa shape index (κ3) is 4.12. The maximum absolute atomic E-state index is 11.3. The van der Waals surface area contributed by atoms with E-state index in [0.29, 0.717) is 5.56 Å². The second-order valence-corrected chi connectivity index (χ2v) is 5.13. The molecule has 0 fully saturated rings. The monoisotopic (exact) mass is 272 g/mol. The highest BCUT2D eigenvalue weighted by Gasteiger charge is 2.02. The standard InChI is InChI=1S/C15H16N2OS/c16-17-15(18)14-8-6-13(7-9-14)11-19-10-12-4-2-1-3-5-12/h1-9H,10-11,16H2,(H,17,18). The van der Waals surface area contributed by atoms with Gasteiger partial charge in [-0.25, -0.2) is 5.84 Å². The Balaban J connectivity index is 1.85. The minimum absolute atomic E-state index is 0.261. The maximum atomic E-state index is 11.3. The van der Waals surface area contributed by atoms with Crippen LogP contribution in [0.2, 0.25) is 0 Å². The maximum Gasteiger partial charge on any atom is 0.265 e. The van der Waals surface area contributed by atoms with Crippen molar-refractivity contribution < 1.29 is 4.79 Å². The van der Waals surface area contributed by atoms with Crippen LogP contribution in [0.5, 0.6) is 0 Å². The summed E-state index contributed by atoms with van der Waals surface area (Å²) in [5, 5.41) is 0. The van der Waals surface area contributed by atoms with Crippen LogP contribution in [-0.2, 0) is 11.5 Å². The molecule has 2 aromatic rings. The van der Waals surface area contributed by atoms with Gasteiger partial charge in [0.05, 0.1) is 0 Å². The molecule has 0 spiro atoms. The molecular formula is C15H16N2OS. The van der Waals surface area contributed by atoms with Gasteiger partial charge < -0.3 is 0 Å². The van der Waals surface area contributed by atoms with Gasteiger partial charge in [0.1, 0.15) is 0 Å². The van der Waals surface area contributed by atoms with Crippen LogP contribution in [0.3, 0.4) is 0 Å². The molecule has 0 aliphatic heterocycles. The number of carbonyl (C=O) groups is 1. The molecule has 4 heteroatoms. The average Bonchev–Trinajstić information content (AvgIpc) is 2.48. The van der Waals surface area contributed by atoms with Crippen LogP contribution in [0.15, 0.2) is 54.6 Å². The summed E-state index contributed by atoms with van der Waals surface area (Å²) in [5.41, 5.74) is 5.23. The topological polar surface area (TPSA) is 55.1 Å². The average molecular weight is 272 g/mol. The fourth-order valence-electron chi connectivity index (χ4n) is 1.70. The highest BCUT2D eigenvalue weighted by atomic mass is 32.2. The van der Waals surface area contributed by atoms with E-state index in [4.69, 9.17) is 5.84 Å². The molecule has 0 heterocycles. The van der Waals surface area contributed by atoms with Crippen molar-refractivity contribution in [2.75, 3.05) is 0 Å². The van der Waals surface area contributed by atoms with E-state index in [0.717, 1.165) is 11.5 Å². The van der Waals surface area contributed by atoms with Gasteiger partial charge in [0, 0.05) is 17.1 Å². The van der Waals surface area contributed by atoms with E-state index < -0.39 is 0 Å². The molecule has 2 aromatic carbocycles. The van der Waals surface area contributed by atoms with Gasteiger partial charge >= 0.3 is 0 Å². The SMILES string of the molecule is NNC(=O)c1ccc(CSCc2ccccc2)cc1. The van der Waals surface area contributed by atoms with Crippen LogP contribution in [0.4, 0.5) is 0 Å². The van der Waals surface area contributed by atoms with E-state index in [1.165, 1.54) is 11.1 Å². The van der Waals surface area contributed by atoms with Crippen LogP contribution in [0.1, 0.15) is 21.5 Å². The van der Waals surface area contributed by atoms with Crippen molar-refractivity contribution in [3.05, 3.63) is 71.3 Å². The van der Waals surface area contributed by atoms with Gasteiger partial charge in [0.2, 0.25) is 0 Å². The van der Waals surface area contributed by atoms with Crippen molar-refractivity contribution >= 4 is 17.7 Å². The number of hydrogen-bond acceptors (Lipinski definition) is 3. The van der Waals surface area contributed by atoms with Crippen LogP contribution >= 0.6 is 11.8 Å². The van der Waals surface area contributed by atoms with Gasteiger partial charge in [-0.1, -0.05) is 42.5 Å². The number of rotatable bonds is 5. The molecule has 3 nitrogen and oxygen atoms in total. The zero-order valence-corrected chi connectivity index (χ0v) is 11.3. The predicted molar refractivity (Wildman–Crippen MR) is 79.5 cm³/mol. The Kier molecular flexibility index (Phi) is 5.01. The van der Waals surface area contributed by atoms with Gasteiger partial charge in [0.15, 0.2) is 0 Å². The highest BCUT2D eigenvalue weighted by Crippen LogP contribution is 2.18. The van der Waals surface area contributed by atoms with Crippen molar-refractivity contribution in [2.24, 2.45) is 5.84 Å². The Labute approximate surface area is 117 Å². The molecule has 0 bridgehead atoms. The lowest BCUT2D eigenvalue weighted by atomic mass is 10.1. The number of nitrogen functional groups attached to an aromatic ring is 1. The van der Waals surface area contributed by atoms with Gasteiger partial charge in [-0.05, 0) is 23.3 Å². The Morgan fingerprint density at radius 1 is 0.947 bits per heavy atom. The second-order valence-electron chi connectivity index (χ2n) is 4.15. The van der Waals surface area contributed by atoms with Crippen LogP contribution in [-0.4, -0.2) is 5.91 Å². The minimum Gasteiger partial charge on any atom is -0.290 e. The second kappa shape index (κ2) is 6.97. The smallest absolute Gasteiger partial charge is 0.265 e. The fraction of sp³-hybridized carbons (Fsp3) is 0.133. The minimum atomic E-state index is -0.261. The number of hydrogen-bond donors (Lipinski definition) is 2. The van der Waals surface area contributed by atoms with Crippen LogP contribution in [0.25, 0.3) is 0 Å². The normalized spacial score (nSPS) is 10.2. The van der Waals surface area contributed by atoms with Crippen LogP contribution < -0.4 is 11.3 Å². The first kappa shape index (κ1) is 13.6. The number of hydrazine groups is 1. The summed E-state index contributed by atoms with van der Waals surface area (Å²) in [5.74, 6) is 6.74. The molecule has 2 rings (SSSR count). The largest absolute Gasteiger partial charge is 0.290 e. The lowest BCUT2D eigenvalue weighted by Crippen LogP contribution is -2.29. The number of amides is 1. The van der Waals surface area contributed by atoms with Crippen LogP contribution in [0, 0.1) is 0 Å². The Hall–Kier alpha value is -1.78. The fourth-order valence-corrected chi connectivity index (χ4v) is 2.66. The summed E-state index contributed by atoms with van der Waals surface area (Å²) in [7, 11) is 0. The van der Waals surface area contributed by atoms with Gasteiger partial charge in [0.25, 0.3) is 5.91 Å². The van der Waals surface area contributed by atoms with E-state index in [1.54, 1.807) is 12.1 Å². The summed E-state index contributed by atoms with van der Waals surface area (Å²) in [6.45, 7) is 0. The zero-order valence-electron chi connectivity index (χ0n) is 10.5. The molecule has 0 atom stereocenters. The summed E-state index contributed by atoms with van der Waals surface area (Å²) < 4.78 is 0. The first-order valence-corrected chi connectivity index (χ1v) is 7.16. The molecule has 0 unspecified atom stereocenters. The van der Waals surface area contributed by atoms with Crippen molar-refractivity contribution in [2.45, 2.75) is 11.5 Å². The van der Waals surface area contributed by atoms with E-state index >= 15 is 0 Å². The zero-order chi connectivity index (χ0) is 13.5. The molecule has 0 saturated heterocycles. The number of nitrogens with one attached hydrogen (secondary N) is 1. The third-order valence-electron chi connectivity index (χ3n) is 2.73. The molecule has 3 N–H and O–H groups in total. The van der Waals surface area contributed by atoms with E-state index in [-0.39, 0.29) is 5.91 Å². The first-order chi connectivity index (χ1) is 9.29. The Morgan fingerprint density at radius 2 is 1.53 bits per heavy atom. The molecule has 0 saturated carbocycles. The Morgan fingerprint density at radius 3 is 2.11 bits per heavy atom. The van der Waals surface area contributed by atoms with Gasteiger partial charge in [-0.15, -0.1) is 0 Å². The summed E-state index contributed by atoms with van der Waals surface area (Å²) in [6.07, 6.45) is 0. The number of benzene rings is 2. The Bertz CT molecular complexity index is 526. The molecule has 0 aromatic heterocycles. The molecular weight excluding hydrogens is 256 g/mol. The number of nitrogens with two attached hydrogens (primary N) is 1. The highest BCUT2D eigenvalue weighted by molar-refractivity contribution is 7.97. The van der Waals surface area contributed by atoms with Gasteiger partial charge in [-0.2, -0.15) is 11.8 Å². The summed E-state index contributed by atoms with van der Waals surface area (Å²) in [6, 6.07) is 17.9. The van der Waals surface area contributed by atoms with E-state index in [9.17, 15) is 4.79 Å². The molecule has 0 radical (unpaired) electrons. The van der Waals surface area contributed by atoms with E-state index in [2.05, 4.69) is 29.7 Å². The van der Waals surface area contributed by atoms with Crippen molar-refractivity contribution in [1.82, 2.24) is 5.43 Å². The molecule has 1 amide bonds. The van der Waals surface area contributed by atoms with Gasteiger partial charge in [-0.3, -0.25) is 10.2 Å². The van der Waals surface area contributed by atoms with Crippen molar-refractivity contribution in [3.63, 3.8) is 0 Å². The third-order valence-corrected chi connectivity index (χ3v) is 3.80. The van der Waals surface area contributed by atoms with E-state index in [1.807, 2.05) is 30.0 Å². The lowest BCUT2D eigenvalue weighted by molar-refractivity contribution is 0.0953. The molecule has 0 aliphatic carbocycles. The number of carbonyl (C=O) groups excluding carboxylic acids is 1. The summed E-state index contributed by atoms with van der Waals surface area (Å²) in [4.78, 5) is 11.3. The quantitative estimate of drug-likeness (QED) is 0.500. The number of thioether (sulfide) groups is 1. The lowest BCUT2D eigenvalue weighted by Gasteiger charge is -2.04. The summed E-state index contributed by atoms with van der Waals surface area (Å²) >= 11 is 1.85. The molecule has 19 heavy (non-hydrogen) atoms.